The number of morpholine rings is 1. The minimum absolute atomic E-state index is 0.129. The molecule has 10 nitrogen and oxygen atoms in total. The summed E-state index contributed by atoms with van der Waals surface area (Å²) >= 11 is 0. The number of primary amides is 1. The molecule has 2 N–H and O–H groups in total. The highest BCUT2D eigenvalue weighted by Crippen LogP contribution is 2.34. The van der Waals surface area contributed by atoms with E-state index in [2.05, 4.69) is 74.6 Å². The number of aromatic nitrogens is 4. The van der Waals surface area contributed by atoms with Crippen LogP contribution in [0.5, 0.6) is 0 Å². The fourth-order valence-electron chi connectivity index (χ4n) is 6.38. The molecule has 0 bridgehead atoms. The molecule has 0 aliphatic carbocycles. The van der Waals surface area contributed by atoms with Gasteiger partial charge in [0.2, 0.25) is 0 Å². The van der Waals surface area contributed by atoms with Crippen LogP contribution < -0.4 is 5.73 Å². The number of aryl methyl sites for hydroxylation is 1. The third-order valence-electron chi connectivity index (χ3n) is 8.52. The molecule has 2 amide bonds. The summed E-state index contributed by atoms with van der Waals surface area (Å²) in [5.41, 5.74) is 13.7. The van der Waals surface area contributed by atoms with Gasteiger partial charge in [0.15, 0.2) is 11.3 Å². The molecule has 3 aromatic heterocycles. The highest BCUT2D eigenvalue weighted by molar-refractivity contribution is 5.90. The second kappa shape index (κ2) is 11.7. The fraction of sp³-hybridized carbons (Fsp3) is 0.333. The summed E-state index contributed by atoms with van der Waals surface area (Å²) in [5, 5.41) is 9.45. The van der Waals surface area contributed by atoms with E-state index in [1.807, 2.05) is 29.8 Å². The monoisotopic (exact) mass is 576 g/mol. The first-order valence-electron chi connectivity index (χ1n) is 15.0. The predicted octanol–water partition coefficient (Wildman–Crippen LogP) is 4.51. The van der Waals surface area contributed by atoms with Gasteiger partial charge in [0.1, 0.15) is 0 Å². The maximum atomic E-state index is 12.3. The van der Waals surface area contributed by atoms with Crippen molar-refractivity contribution < 1.29 is 9.53 Å². The number of fused-ring (bicyclic) bond motifs is 3. The molecule has 43 heavy (non-hydrogen) atoms. The number of carbonyl (C=O) groups excluding carboxylic acids is 1. The second-order valence-corrected chi connectivity index (χ2v) is 11.4. The SMILES string of the molecule is Cc1cc2ncc3cc(-c4ccccc4)c(-c4ccc(CN5CCC(N(C(N)=O)N6CCOCC6)CC5)cc4)nc3n2n1. The topological polar surface area (TPSA) is 105 Å². The van der Waals surface area contributed by atoms with Crippen molar-refractivity contribution in [1.29, 1.82) is 0 Å². The molecule has 0 atom stereocenters. The molecule has 2 saturated heterocycles. The minimum Gasteiger partial charge on any atom is -0.379 e. The van der Waals surface area contributed by atoms with E-state index in [9.17, 15) is 4.79 Å². The molecule has 2 fully saturated rings. The molecule has 2 aliphatic rings. The van der Waals surface area contributed by atoms with E-state index in [4.69, 9.17) is 15.5 Å². The maximum absolute atomic E-state index is 12.3. The van der Waals surface area contributed by atoms with Crippen LogP contribution in [0.15, 0.2) is 72.9 Å². The Morgan fingerprint density at radius 1 is 0.977 bits per heavy atom. The highest BCUT2D eigenvalue weighted by Gasteiger charge is 2.32. The van der Waals surface area contributed by atoms with Crippen molar-refractivity contribution in [3.05, 3.63) is 84.2 Å². The normalized spacial score (nSPS) is 17.0. The number of urea groups is 1. The first kappa shape index (κ1) is 27.5. The van der Waals surface area contributed by atoms with Gasteiger partial charge in [-0.05, 0) is 37.0 Å². The lowest BCUT2D eigenvalue weighted by atomic mass is 9.97. The first-order chi connectivity index (χ1) is 21.0. The molecule has 0 spiro atoms. The lowest BCUT2D eigenvalue weighted by Gasteiger charge is -2.44. The number of piperidine rings is 1. The Balaban J connectivity index is 1.11. The molecule has 0 unspecified atom stereocenters. The zero-order valence-corrected chi connectivity index (χ0v) is 24.4. The zero-order chi connectivity index (χ0) is 29.3. The molecule has 5 heterocycles. The molecule has 2 aromatic carbocycles. The Bertz CT molecular complexity index is 1740. The average molecular weight is 577 g/mol. The molecule has 220 valence electrons. The number of hydrogen-bond acceptors (Lipinski definition) is 7. The second-order valence-electron chi connectivity index (χ2n) is 11.4. The summed E-state index contributed by atoms with van der Waals surface area (Å²) in [5.74, 6) is 0. The molecule has 5 aromatic rings. The van der Waals surface area contributed by atoms with Gasteiger partial charge in [0.05, 0.1) is 30.6 Å². The Kier molecular flexibility index (Phi) is 7.48. The predicted molar refractivity (Wildman–Crippen MR) is 166 cm³/mol. The summed E-state index contributed by atoms with van der Waals surface area (Å²) in [7, 11) is 0. The van der Waals surface area contributed by atoms with Crippen LogP contribution >= 0.6 is 0 Å². The number of pyridine rings is 1. The minimum atomic E-state index is -0.368. The number of nitrogens with zero attached hydrogens (tertiary/aromatic N) is 7. The van der Waals surface area contributed by atoms with Gasteiger partial charge in [-0.2, -0.15) is 9.61 Å². The highest BCUT2D eigenvalue weighted by atomic mass is 16.5. The van der Waals surface area contributed by atoms with Crippen LogP contribution in [0.4, 0.5) is 4.79 Å². The number of rotatable bonds is 6. The summed E-state index contributed by atoms with van der Waals surface area (Å²) in [6.45, 7) is 7.33. The van der Waals surface area contributed by atoms with Gasteiger partial charge in [-0.25, -0.2) is 19.8 Å². The molecule has 10 heteroatoms. The molecule has 2 aliphatic heterocycles. The molecule has 0 saturated carbocycles. The Morgan fingerprint density at radius 3 is 2.44 bits per heavy atom. The smallest absolute Gasteiger partial charge is 0.329 e. The first-order valence-corrected chi connectivity index (χ1v) is 15.0. The molecule has 0 radical (unpaired) electrons. The van der Waals surface area contributed by atoms with Crippen molar-refractivity contribution in [1.82, 2.24) is 34.5 Å². The quantitative estimate of drug-likeness (QED) is 0.317. The summed E-state index contributed by atoms with van der Waals surface area (Å²) in [4.78, 5) is 24.6. The number of benzene rings is 2. The lowest BCUT2D eigenvalue weighted by molar-refractivity contribution is -0.0896. The summed E-state index contributed by atoms with van der Waals surface area (Å²) in [6, 6.07) is 23.0. The summed E-state index contributed by atoms with van der Waals surface area (Å²) in [6.07, 6.45) is 3.68. The van der Waals surface area contributed by atoms with Crippen LogP contribution in [0.25, 0.3) is 39.1 Å². The number of ether oxygens (including phenoxy) is 1. The van der Waals surface area contributed by atoms with Crippen LogP contribution in [-0.4, -0.2) is 86.0 Å². The van der Waals surface area contributed by atoms with Gasteiger partial charge < -0.3 is 10.5 Å². The van der Waals surface area contributed by atoms with E-state index >= 15 is 0 Å². The number of hydrazine groups is 1. The van der Waals surface area contributed by atoms with E-state index in [1.165, 1.54) is 5.56 Å². The van der Waals surface area contributed by atoms with E-state index in [-0.39, 0.29) is 12.1 Å². The van der Waals surface area contributed by atoms with Crippen molar-refractivity contribution in [2.45, 2.75) is 32.4 Å². The number of amides is 2. The Morgan fingerprint density at radius 2 is 1.72 bits per heavy atom. The number of nitrogens with two attached hydrogens (primary N) is 1. The van der Waals surface area contributed by atoms with Crippen molar-refractivity contribution in [2.75, 3.05) is 39.4 Å². The van der Waals surface area contributed by atoms with Crippen LogP contribution in [-0.2, 0) is 11.3 Å². The molecule has 7 rings (SSSR count). The van der Waals surface area contributed by atoms with Gasteiger partial charge >= 0.3 is 6.03 Å². The van der Waals surface area contributed by atoms with Crippen molar-refractivity contribution in [3.8, 4) is 22.4 Å². The van der Waals surface area contributed by atoms with Gasteiger partial charge in [-0.15, -0.1) is 0 Å². The van der Waals surface area contributed by atoms with Gasteiger partial charge in [-0.3, -0.25) is 9.91 Å². The van der Waals surface area contributed by atoms with Crippen LogP contribution in [0.1, 0.15) is 24.1 Å². The van der Waals surface area contributed by atoms with Gasteiger partial charge in [-0.1, -0.05) is 54.6 Å². The van der Waals surface area contributed by atoms with Crippen molar-refractivity contribution >= 4 is 22.7 Å². The van der Waals surface area contributed by atoms with E-state index in [0.29, 0.717) is 26.3 Å². The van der Waals surface area contributed by atoms with Crippen molar-refractivity contribution in [2.24, 2.45) is 5.73 Å². The number of hydrogen-bond donors (Lipinski definition) is 1. The van der Waals surface area contributed by atoms with E-state index in [0.717, 1.165) is 77.2 Å². The van der Waals surface area contributed by atoms with Crippen LogP contribution in [0.2, 0.25) is 0 Å². The lowest BCUT2D eigenvalue weighted by Crippen LogP contribution is -2.59. The largest absolute Gasteiger partial charge is 0.379 e. The standard InChI is InChI=1S/C33H36N8O2/c1-23-19-30-35-21-27-20-29(25-5-3-2-4-6-25)31(36-32(27)40(30)37-23)26-9-7-24(8-10-26)22-38-13-11-28(12-14-38)41(33(34)42)39-15-17-43-18-16-39/h2-10,19-21,28H,11-18,22H2,1H3,(H2,34,42). The Labute approximate surface area is 250 Å². The zero-order valence-electron chi connectivity index (χ0n) is 24.4. The Hall–Kier alpha value is -4.38. The third kappa shape index (κ3) is 5.56. The van der Waals surface area contributed by atoms with Crippen molar-refractivity contribution in [3.63, 3.8) is 0 Å². The molecular weight excluding hydrogens is 540 g/mol. The van der Waals surface area contributed by atoms with E-state index in [1.54, 1.807) is 5.01 Å². The van der Waals surface area contributed by atoms with Gasteiger partial charge in [0, 0.05) is 61.5 Å². The number of carbonyl (C=O) groups is 1. The fourth-order valence-corrected chi connectivity index (χ4v) is 6.38. The molecular formula is C33H36N8O2. The third-order valence-corrected chi connectivity index (χ3v) is 8.52. The summed E-state index contributed by atoms with van der Waals surface area (Å²) < 4.78 is 7.30. The number of likely N-dealkylation sites (tertiary alicyclic amines) is 1. The maximum Gasteiger partial charge on any atom is 0.329 e. The van der Waals surface area contributed by atoms with Crippen LogP contribution in [0.3, 0.4) is 0 Å². The van der Waals surface area contributed by atoms with Crippen LogP contribution in [0, 0.1) is 6.92 Å². The van der Waals surface area contributed by atoms with E-state index < -0.39 is 0 Å². The van der Waals surface area contributed by atoms with Gasteiger partial charge in [0.25, 0.3) is 0 Å². The average Bonchev–Trinajstić information content (AvgIpc) is 3.43.